The summed E-state index contributed by atoms with van der Waals surface area (Å²) < 4.78 is 68.3. The van der Waals surface area contributed by atoms with E-state index in [-0.39, 0.29) is 25.7 Å². The van der Waals surface area contributed by atoms with Crippen LogP contribution < -0.4 is 0 Å². The second-order valence-electron chi connectivity index (χ2n) is 28.7. The van der Waals surface area contributed by atoms with Crippen LogP contribution in [0, 0.1) is 11.8 Å². The minimum atomic E-state index is -4.96. The maximum atomic E-state index is 13.1. The Morgan fingerprint density at radius 1 is 0.281 bits per heavy atom. The molecular formula is C77H150O17P2. The van der Waals surface area contributed by atoms with Gasteiger partial charge in [-0.15, -0.1) is 0 Å². The Labute approximate surface area is 588 Å². The number of carbonyl (C=O) groups is 4. The highest BCUT2D eigenvalue weighted by atomic mass is 31.2. The first kappa shape index (κ1) is 94.1. The summed E-state index contributed by atoms with van der Waals surface area (Å²) in [6.07, 6.45) is 57.3. The number of aliphatic hydroxyl groups is 1. The number of carbonyl (C=O) groups excluding carboxylic acids is 4. The fourth-order valence-electron chi connectivity index (χ4n) is 11.8. The van der Waals surface area contributed by atoms with E-state index in [0.717, 1.165) is 108 Å². The van der Waals surface area contributed by atoms with Gasteiger partial charge in [0.1, 0.15) is 19.3 Å². The van der Waals surface area contributed by atoms with E-state index in [1.54, 1.807) is 0 Å². The summed E-state index contributed by atoms with van der Waals surface area (Å²) in [7, 11) is -9.90. The summed E-state index contributed by atoms with van der Waals surface area (Å²) >= 11 is 0. The van der Waals surface area contributed by atoms with E-state index in [9.17, 15) is 43.2 Å². The van der Waals surface area contributed by atoms with Crippen LogP contribution in [-0.4, -0.2) is 96.7 Å². The Kier molecular flexibility index (Phi) is 67.4. The predicted molar refractivity (Wildman–Crippen MR) is 391 cm³/mol. The largest absolute Gasteiger partial charge is 0.472 e. The summed E-state index contributed by atoms with van der Waals surface area (Å²) in [4.78, 5) is 72.6. The third kappa shape index (κ3) is 70.5. The number of esters is 4. The number of hydrogen-bond donors (Lipinski definition) is 3. The summed E-state index contributed by atoms with van der Waals surface area (Å²) in [5, 5.41) is 10.6. The van der Waals surface area contributed by atoms with Crippen molar-refractivity contribution in [1.82, 2.24) is 0 Å². The van der Waals surface area contributed by atoms with Gasteiger partial charge in [-0.05, 0) is 37.5 Å². The van der Waals surface area contributed by atoms with Gasteiger partial charge in [0.2, 0.25) is 0 Å². The molecule has 96 heavy (non-hydrogen) atoms. The Hall–Kier alpha value is -1.94. The van der Waals surface area contributed by atoms with Crippen molar-refractivity contribution in [2.75, 3.05) is 39.6 Å². The quantitative estimate of drug-likeness (QED) is 0.0222. The molecule has 570 valence electrons. The highest BCUT2D eigenvalue weighted by Gasteiger charge is 2.30. The summed E-state index contributed by atoms with van der Waals surface area (Å²) in [5.74, 6) is -0.513. The standard InChI is InChI=1S/C77H150O17P2/c1-7-9-11-13-14-15-16-17-27-33-38-43-49-55-61-76(81)93-72(65-87-74(79)59-53-45-12-10-8-2)67-91-95(83,84)89-63-71(78)64-90-96(85,86)92-68-73(66-88-75(80)60-54-48-42-37-32-29-24-26-31-36-41-47-52-58-70(5)6)94-77(82)62-56-50-44-39-34-28-23-21-19-18-20-22-25-30-35-40-46-51-57-69(3)4/h69-73,78H,7-68H2,1-6H3,(H,83,84)(H,85,86)/t71-,72+,73+/m0/s1. The van der Waals surface area contributed by atoms with Crippen LogP contribution >= 0.6 is 15.6 Å². The molecule has 0 aromatic heterocycles. The molecule has 0 saturated carbocycles. The summed E-state index contributed by atoms with van der Waals surface area (Å²) in [5.41, 5.74) is 0. The maximum Gasteiger partial charge on any atom is 0.472 e. The van der Waals surface area contributed by atoms with Crippen LogP contribution in [0.15, 0.2) is 0 Å². The number of phosphoric ester groups is 2. The lowest BCUT2D eigenvalue weighted by Gasteiger charge is -2.21. The summed E-state index contributed by atoms with van der Waals surface area (Å²) in [6, 6.07) is 0. The molecule has 0 aromatic carbocycles. The van der Waals surface area contributed by atoms with Crippen LogP contribution in [0.4, 0.5) is 0 Å². The van der Waals surface area contributed by atoms with Crippen LogP contribution in [0.25, 0.3) is 0 Å². The molecule has 17 nitrogen and oxygen atoms in total. The average molecular weight is 1410 g/mol. The van der Waals surface area contributed by atoms with Gasteiger partial charge < -0.3 is 33.8 Å². The number of phosphoric acid groups is 2. The number of ether oxygens (including phenoxy) is 4. The van der Waals surface area contributed by atoms with Gasteiger partial charge in [-0.2, -0.15) is 0 Å². The number of unbranched alkanes of at least 4 members (excludes halogenated alkanes) is 46. The monoisotopic (exact) mass is 1410 g/mol. The predicted octanol–water partition coefficient (Wildman–Crippen LogP) is 22.7. The minimum absolute atomic E-state index is 0.107. The van der Waals surface area contributed by atoms with Crippen molar-refractivity contribution in [3.8, 4) is 0 Å². The normalized spacial score (nSPS) is 14.0. The summed E-state index contributed by atoms with van der Waals surface area (Å²) in [6.45, 7) is 9.57. The smallest absolute Gasteiger partial charge is 0.462 e. The van der Waals surface area contributed by atoms with E-state index >= 15 is 0 Å². The van der Waals surface area contributed by atoms with E-state index in [0.29, 0.717) is 25.7 Å². The zero-order valence-corrected chi connectivity index (χ0v) is 64.5. The fourth-order valence-corrected chi connectivity index (χ4v) is 13.4. The molecule has 0 rings (SSSR count). The van der Waals surface area contributed by atoms with E-state index in [1.165, 1.54) is 212 Å². The van der Waals surface area contributed by atoms with Gasteiger partial charge in [-0.3, -0.25) is 37.3 Å². The van der Waals surface area contributed by atoms with Gasteiger partial charge in [-0.25, -0.2) is 9.13 Å². The number of rotatable bonds is 76. The van der Waals surface area contributed by atoms with Crippen molar-refractivity contribution in [2.24, 2.45) is 11.8 Å². The van der Waals surface area contributed by atoms with Gasteiger partial charge in [0.05, 0.1) is 26.4 Å². The van der Waals surface area contributed by atoms with Gasteiger partial charge in [0.15, 0.2) is 12.2 Å². The van der Waals surface area contributed by atoms with Gasteiger partial charge in [-0.1, -0.05) is 350 Å². The van der Waals surface area contributed by atoms with E-state index in [1.807, 2.05) is 0 Å². The zero-order chi connectivity index (χ0) is 70.7. The highest BCUT2D eigenvalue weighted by molar-refractivity contribution is 7.47. The van der Waals surface area contributed by atoms with Crippen molar-refractivity contribution in [1.29, 1.82) is 0 Å². The lowest BCUT2D eigenvalue weighted by molar-refractivity contribution is -0.161. The van der Waals surface area contributed by atoms with Crippen molar-refractivity contribution >= 4 is 39.5 Å². The van der Waals surface area contributed by atoms with Crippen LogP contribution in [0.1, 0.15) is 401 Å². The third-order valence-electron chi connectivity index (χ3n) is 18.0. The van der Waals surface area contributed by atoms with Crippen LogP contribution in [-0.2, 0) is 65.4 Å². The Morgan fingerprint density at radius 3 is 0.708 bits per heavy atom. The highest BCUT2D eigenvalue weighted by Crippen LogP contribution is 2.45. The van der Waals surface area contributed by atoms with Crippen LogP contribution in [0.3, 0.4) is 0 Å². The van der Waals surface area contributed by atoms with Crippen LogP contribution in [0.2, 0.25) is 0 Å². The van der Waals surface area contributed by atoms with Crippen LogP contribution in [0.5, 0.6) is 0 Å². The second kappa shape index (κ2) is 68.8. The second-order valence-corrected chi connectivity index (χ2v) is 31.6. The number of hydrogen-bond acceptors (Lipinski definition) is 15. The van der Waals surface area contributed by atoms with E-state index in [4.69, 9.17) is 37.0 Å². The van der Waals surface area contributed by atoms with Gasteiger partial charge in [0, 0.05) is 25.7 Å². The van der Waals surface area contributed by atoms with Crippen molar-refractivity contribution < 1.29 is 80.2 Å². The molecule has 0 radical (unpaired) electrons. The molecule has 0 heterocycles. The Balaban J connectivity index is 5.12. The molecule has 0 aliphatic carbocycles. The molecule has 0 aliphatic heterocycles. The Morgan fingerprint density at radius 2 is 0.479 bits per heavy atom. The topological polar surface area (TPSA) is 237 Å². The zero-order valence-electron chi connectivity index (χ0n) is 62.7. The lowest BCUT2D eigenvalue weighted by Crippen LogP contribution is -2.30. The lowest BCUT2D eigenvalue weighted by atomic mass is 10.0. The fraction of sp³-hybridized carbons (Fsp3) is 0.948. The molecule has 0 amide bonds. The molecule has 0 aromatic rings. The van der Waals surface area contributed by atoms with Gasteiger partial charge >= 0.3 is 39.5 Å². The van der Waals surface area contributed by atoms with E-state index in [2.05, 4.69) is 41.5 Å². The molecule has 0 aliphatic rings. The third-order valence-corrected chi connectivity index (χ3v) is 19.9. The maximum absolute atomic E-state index is 13.1. The molecule has 5 atom stereocenters. The molecule has 2 unspecified atom stereocenters. The van der Waals surface area contributed by atoms with Crippen molar-refractivity contribution in [3.63, 3.8) is 0 Å². The SMILES string of the molecule is CCCCCCCCCCCCCCCCC(=O)O[C@H](COC(=O)CCCCCCC)COP(=O)(O)OC[C@H](O)COP(=O)(O)OC[C@@H](COC(=O)CCCCCCCCCCCCCCCC(C)C)OC(=O)CCCCCCCCCCCCCCCCCCCCC(C)C. The van der Waals surface area contributed by atoms with Gasteiger partial charge in [0.25, 0.3) is 0 Å². The first-order chi connectivity index (χ1) is 46.4. The minimum Gasteiger partial charge on any atom is -0.462 e. The molecule has 0 saturated heterocycles. The van der Waals surface area contributed by atoms with Crippen molar-refractivity contribution in [2.45, 2.75) is 419 Å². The molecular weight excluding hydrogens is 1260 g/mol. The van der Waals surface area contributed by atoms with E-state index < -0.39 is 97.5 Å². The molecule has 0 bridgehead atoms. The molecule has 3 N–H and O–H groups in total. The van der Waals surface area contributed by atoms with Crippen molar-refractivity contribution in [3.05, 3.63) is 0 Å². The first-order valence-corrected chi connectivity index (χ1v) is 43.0. The number of aliphatic hydroxyl groups excluding tert-OH is 1. The first-order valence-electron chi connectivity index (χ1n) is 40.0. The average Bonchev–Trinajstić information content (AvgIpc) is 1.17. The molecule has 0 fully saturated rings. The Bertz CT molecular complexity index is 1860. The molecule has 0 spiro atoms. The molecule has 19 heteroatoms.